The van der Waals surface area contributed by atoms with Crippen LogP contribution in [-0.4, -0.2) is 41.0 Å². The second-order valence-corrected chi connectivity index (χ2v) is 5.15. The summed E-state index contributed by atoms with van der Waals surface area (Å²) in [5.74, 6) is 1.26. The molecule has 1 aromatic heterocycles. The molecule has 0 bridgehead atoms. The van der Waals surface area contributed by atoms with Crippen LogP contribution in [0.3, 0.4) is 0 Å². The van der Waals surface area contributed by atoms with Crippen molar-refractivity contribution in [1.29, 1.82) is 0 Å². The zero-order valence-electron chi connectivity index (χ0n) is 12.5. The van der Waals surface area contributed by atoms with Gasteiger partial charge >= 0.3 is 0 Å². The maximum atomic E-state index is 12.2. The fraction of sp³-hybridized carbons (Fsp3) is 0.312. The van der Waals surface area contributed by atoms with Crippen LogP contribution in [0.2, 0.25) is 0 Å². The highest BCUT2D eigenvalue weighted by molar-refractivity contribution is 5.93. The predicted octanol–water partition coefficient (Wildman–Crippen LogP) is 2.46. The summed E-state index contributed by atoms with van der Waals surface area (Å²) in [4.78, 5) is 22.5. The van der Waals surface area contributed by atoms with E-state index >= 15 is 0 Å². The van der Waals surface area contributed by atoms with Crippen molar-refractivity contribution in [2.45, 2.75) is 12.8 Å². The summed E-state index contributed by atoms with van der Waals surface area (Å²) in [6, 6.07) is 7.47. The molecule has 6 heteroatoms. The minimum absolute atomic E-state index is 0.00787. The summed E-state index contributed by atoms with van der Waals surface area (Å²) in [7, 11) is 1.63. The van der Waals surface area contributed by atoms with Gasteiger partial charge in [0, 0.05) is 31.2 Å². The molecule has 2 heterocycles. The molecule has 22 heavy (non-hydrogen) atoms. The molecule has 3 rings (SSSR count). The first-order valence-corrected chi connectivity index (χ1v) is 7.28. The van der Waals surface area contributed by atoms with E-state index in [4.69, 9.17) is 4.74 Å². The minimum atomic E-state index is 0.00787. The zero-order chi connectivity index (χ0) is 15.4. The summed E-state index contributed by atoms with van der Waals surface area (Å²) in [5, 5.41) is 3.09. The van der Waals surface area contributed by atoms with E-state index in [1.807, 2.05) is 29.2 Å². The Bertz CT molecular complexity index is 634. The van der Waals surface area contributed by atoms with Crippen molar-refractivity contribution in [3.8, 4) is 5.75 Å². The number of amides is 1. The van der Waals surface area contributed by atoms with Crippen LogP contribution < -0.4 is 10.1 Å². The number of methoxy groups -OCH3 is 1. The van der Waals surface area contributed by atoms with Crippen molar-refractivity contribution in [3.63, 3.8) is 0 Å². The van der Waals surface area contributed by atoms with Crippen LogP contribution >= 0.6 is 0 Å². The van der Waals surface area contributed by atoms with Crippen LogP contribution in [0.25, 0.3) is 0 Å². The molecule has 1 aromatic carbocycles. The molecular weight excluding hydrogens is 280 g/mol. The highest BCUT2D eigenvalue weighted by atomic mass is 16.5. The van der Waals surface area contributed by atoms with Gasteiger partial charge in [0.1, 0.15) is 5.75 Å². The lowest BCUT2D eigenvalue weighted by molar-refractivity contribution is 0.0792. The largest absolute Gasteiger partial charge is 0.497 e. The number of hydrogen-bond donors (Lipinski definition) is 1. The number of aromatic nitrogens is 2. The van der Waals surface area contributed by atoms with E-state index in [1.165, 1.54) is 0 Å². The summed E-state index contributed by atoms with van der Waals surface area (Å²) in [6.45, 7) is 1.65. The number of nitrogens with one attached hydrogen (secondary N) is 1. The van der Waals surface area contributed by atoms with Crippen molar-refractivity contribution < 1.29 is 9.53 Å². The van der Waals surface area contributed by atoms with Gasteiger partial charge in [0.2, 0.25) is 5.95 Å². The Kier molecular flexibility index (Phi) is 4.18. The molecule has 0 atom stereocenters. The normalized spacial score (nSPS) is 14.0. The Morgan fingerprint density at radius 3 is 2.36 bits per heavy atom. The van der Waals surface area contributed by atoms with Gasteiger partial charge in [-0.15, -0.1) is 0 Å². The molecule has 2 aromatic rings. The molecule has 1 N–H and O–H groups in total. The Morgan fingerprint density at radius 2 is 1.77 bits per heavy atom. The highest BCUT2D eigenvalue weighted by Gasteiger charge is 2.19. The number of likely N-dealkylation sites (tertiary alicyclic amines) is 1. The number of anilines is 2. The van der Waals surface area contributed by atoms with Crippen molar-refractivity contribution >= 4 is 17.5 Å². The maximum Gasteiger partial charge on any atom is 0.256 e. The first-order chi connectivity index (χ1) is 10.8. The molecule has 1 fully saturated rings. The Labute approximate surface area is 129 Å². The summed E-state index contributed by atoms with van der Waals surface area (Å²) >= 11 is 0. The Hall–Kier alpha value is -2.63. The van der Waals surface area contributed by atoms with Crippen LogP contribution in [0.4, 0.5) is 11.6 Å². The number of hydrogen-bond acceptors (Lipinski definition) is 5. The molecule has 114 valence electrons. The molecule has 0 saturated carbocycles. The molecule has 1 aliphatic rings. The van der Waals surface area contributed by atoms with E-state index in [2.05, 4.69) is 15.3 Å². The third-order valence-electron chi connectivity index (χ3n) is 3.64. The lowest BCUT2D eigenvalue weighted by Crippen LogP contribution is -2.27. The average molecular weight is 298 g/mol. The van der Waals surface area contributed by atoms with Gasteiger partial charge in [-0.05, 0) is 37.1 Å². The third kappa shape index (κ3) is 3.16. The molecule has 1 amide bonds. The lowest BCUT2D eigenvalue weighted by Gasteiger charge is -2.14. The zero-order valence-corrected chi connectivity index (χ0v) is 12.5. The van der Waals surface area contributed by atoms with Crippen molar-refractivity contribution in [2.75, 3.05) is 25.5 Å². The van der Waals surface area contributed by atoms with E-state index in [9.17, 15) is 4.79 Å². The summed E-state index contributed by atoms with van der Waals surface area (Å²) in [5.41, 5.74) is 1.39. The molecule has 6 nitrogen and oxygen atoms in total. The maximum absolute atomic E-state index is 12.2. The van der Waals surface area contributed by atoms with Gasteiger partial charge in [-0.2, -0.15) is 0 Å². The predicted molar refractivity (Wildman–Crippen MR) is 83.4 cm³/mol. The number of carbonyl (C=O) groups is 1. The van der Waals surface area contributed by atoms with Crippen LogP contribution in [-0.2, 0) is 0 Å². The minimum Gasteiger partial charge on any atom is -0.497 e. The van der Waals surface area contributed by atoms with Gasteiger partial charge in [-0.1, -0.05) is 0 Å². The smallest absolute Gasteiger partial charge is 0.256 e. The highest BCUT2D eigenvalue weighted by Crippen LogP contribution is 2.18. The third-order valence-corrected chi connectivity index (χ3v) is 3.64. The standard InChI is InChI=1S/C16H18N4O2/c1-22-14-6-4-13(5-7-14)19-16-17-10-12(11-18-16)15(21)20-8-2-3-9-20/h4-7,10-11H,2-3,8-9H2,1H3,(H,17,18,19). The van der Waals surface area contributed by atoms with Gasteiger partial charge in [-0.3, -0.25) is 4.79 Å². The Morgan fingerprint density at radius 1 is 1.14 bits per heavy atom. The number of carbonyl (C=O) groups excluding carboxylic acids is 1. The number of rotatable bonds is 4. The van der Waals surface area contributed by atoms with Gasteiger partial charge in [-0.25, -0.2) is 9.97 Å². The fourth-order valence-electron chi connectivity index (χ4n) is 2.41. The number of ether oxygens (including phenoxy) is 1. The monoisotopic (exact) mass is 298 g/mol. The summed E-state index contributed by atoms with van der Waals surface area (Å²) in [6.07, 6.45) is 5.28. The second-order valence-electron chi connectivity index (χ2n) is 5.15. The van der Waals surface area contributed by atoms with Crippen LogP contribution in [0.1, 0.15) is 23.2 Å². The topological polar surface area (TPSA) is 67.3 Å². The number of benzene rings is 1. The molecule has 0 unspecified atom stereocenters. The Balaban J connectivity index is 1.66. The fourth-order valence-corrected chi connectivity index (χ4v) is 2.41. The van der Waals surface area contributed by atoms with E-state index in [0.29, 0.717) is 11.5 Å². The number of nitrogens with zero attached hydrogens (tertiary/aromatic N) is 3. The van der Waals surface area contributed by atoms with Crippen LogP contribution in [0, 0.1) is 0 Å². The second kappa shape index (κ2) is 6.43. The van der Waals surface area contributed by atoms with Crippen LogP contribution in [0.5, 0.6) is 5.75 Å². The quantitative estimate of drug-likeness (QED) is 0.939. The average Bonchev–Trinajstić information content (AvgIpc) is 3.10. The van der Waals surface area contributed by atoms with Gasteiger partial charge in [0.25, 0.3) is 5.91 Å². The van der Waals surface area contributed by atoms with Crippen LogP contribution in [0.15, 0.2) is 36.7 Å². The molecule has 1 saturated heterocycles. The first-order valence-electron chi connectivity index (χ1n) is 7.28. The van der Waals surface area contributed by atoms with E-state index in [0.717, 1.165) is 37.4 Å². The summed E-state index contributed by atoms with van der Waals surface area (Å²) < 4.78 is 5.11. The molecular formula is C16H18N4O2. The van der Waals surface area contributed by atoms with E-state index < -0.39 is 0 Å². The first kappa shape index (κ1) is 14.3. The van der Waals surface area contributed by atoms with Gasteiger partial charge in [0.15, 0.2) is 0 Å². The van der Waals surface area contributed by atoms with Gasteiger partial charge < -0.3 is 15.0 Å². The SMILES string of the molecule is COc1ccc(Nc2ncc(C(=O)N3CCCC3)cn2)cc1. The van der Waals surface area contributed by atoms with E-state index in [-0.39, 0.29) is 5.91 Å². The molecule has 0 spiro atoms. The molecule has 0 aliphatic carbocycles. The molecule has 0 radical (unpaired) electrons. The molecule has 1 aliphatic heterocycles. The van der Waals surface area contributed by atoms with Crippen molar-refractivity contribution in [3.05, 3.63) is 42.2 Å². The van der Waals surface area contributed by atoms with Crippen molar-refractivity contribution in [2.24, 2.45) is 0 Å². The van der Waals surface area contributed by atoms with E-state index in [1.54, 1.807) is 19.5 Å². The van der Waals surface area contributed by atoms with Crippen molar-refractivity contribution in [1.82, 2.24) is 14.9 Å². The lowest BCUT2D eigenvalue weighted by atomic mass is 10.3. The van der Waals surface area contributed by atoms with Gasteiger partial charge in [0.05, 0.1) is 12.7 Å².